The molecule has 1 aliphatic heterocycles. The summed E-state index contributed by atoms with van der Waals surface area (Å²) in [5.74, 6) is -0.565. The van der Waals surface area contributed by atoms with Crippen LogP contribution in [-0.2, 0) is 13.9 Å². The molecule has 1 saturated heterocycles. The van der Waals surface area contributed by atoms with Crippen LogP contribution >= 0.6 is 7.37 Å². The van der Waals surface area contributed by atoms with E-state index in [1.165, 1.54) is 0 Å². The summed E-state index contributed by atoms with van der Waals surface area (Å²) >= 11 is 0. The topological polar surface area (TPSA) is 66.8 Å². The normalized spacial score (nSPS) is 21.6. The predicted octanol–water partition coefficient (Wildman–Crippen LogP) is 1.52. The SMILES string of the molecule is CN1CC(O)CC1C(=O)OP(=O)(c1ccccc1)c1ccccc1. The van der Waals surface area contributed by atoms with Crippen molar-refractivity contribution in [3.8, 4) is 0 Å². The number of benzene rings is 2. The maximum absolute atomic E-state index is 13.6. The van der Waals surface area contributed by atoms with E-state index in [1.807, 2.05) is 12.1 Å². The number of likely N-dealkylation sites (N-methyl/N-ethyl adjacent to an activating group) is 1. The van der Waals surface area contributed by atoms with Gasteiger partial charge in [-0.05, 0) is 31.3 Å². The van der Waals surface area contributed by atoms with Crippen molar-refractivity contribution < 1.29 is 19.0 Å². The first-order valence-corrected chi connectivity index (χ1v) is 9.46. The summed E-state index contributed by atoms with van der Waals surface area (Å²) in [6.07, 6.45) is -0.278. The molecule has 6 heteroatoms. The van der Waals surface area contributed by atoms with Gasteiger partial charge in [-0.2, -0.15) is 0 Å². The molecule has 2 aromatic carbocycles. The van der Waals surface area contributed by atoms with Gasteiger partial charge in [0.25, 0.3) is 0 Å². The Morgan fingerprint density at radius 3 is 2.00 bits per heavy atom. The van der Waals surface area contributed by atoms with Gasteiger partial charge < -0.3 is 9.63 Å². The van der Waals surface area contributed by atoms with Gasteiger partial charge in [0.05, 0.1) is 16.7 Å². The molecule has 1 N–H and O–H groups in total. The molecule has 2 aromatic rings. The lowest BCUT2D eigenvalue weighted by Gasteiger charge is -2.23. The van der Waals surface area contributed by atoms with Crippen LogP contribution in [0.2, 0.25) is 0 Å². The Morgan fingerprint density at radius 2 is 1.58 bits per heavy atom. The van der Waals surface area contributed by atoms with Crippen LogP contribution in [0.4, 0.5) is 0 Å². The third-order valence-corrected chi connectivity index (χ3v) is 6.60. The monoisotopic (exact) mass is 345 g/mol. The molecule has 1 heterocycles. The van der Waals surface area contributed by atoms with Crippen molar-refractivity contribution in [1.82, 2.24) is 4.90 Å². The minimum atomic E-state index is -3.54. The number of β-amino-alcohol motifs (C(OH)–C–C–N with tert-alkyl or cyclic N) is 1. The van der Waals surface area contributed by atoms with E-state index in [0.29, 0.717) is 23.6 Å². The van der Waals surface area contributed by atoms with Gasteiger partial charge >= 0.3 is 13.3 Å². The number of hydrogen-bond donors (Lipinski definition) is 1. The summed E-state index contributed by atoms with van der Waals surface area (Å²) in [5, 5.41) is 10.7. The van der Waals surface area contributed by atoms with Crippen molar-refractivity contribution in [2.75, 3.05) is 13.6 Å². The van der Waals surface area contributed by atoms with Gasteiger partial charge in [-0.1, -0.05) is 36.4 Å². The van der Waals surface area contributed by atoms with Gasteiger partial charge in [0.1, 0.15) is 6.04 Å². The third kappa shape index (κ3) is 3.29. The standard InChI is InChI=1S/C18H20NO4P/c1-19-13-14(20)12-17(19)18(21)23-24(22,15-8-4-2-5-9-15)16-10-6-3-7-11-16/h2-11,14,17,20H,12-13H2,1H3. The second kappa shape index (κ2) is 6.89. The molecule has 0 amide bonds. The average molecular weight is 345 g/mol. The molecule has 2 atom stereocenters. The van der Waals surface area contributed by atoms with E-state index in [2.05, 4.69) is 0 Å². The molecule has 3 rings (SSSR count). The number of likely N-dealkylation sites (tertiary alicyclic amines) is 1. The highest BCUT2D eigenvalue weighted by atomic mass is 31.2. The van der Waals surface area contributed by atoms with Crippen molar-refractivity contribution in [3.63, 3.8) is 0 Å². The summed E-state index contributed by atoms with van der Waals surface area (Å²) in [6.45, 7) is 0.404. The average Bonchev–Trinajstić information content (AvgIpc) is 2.95. The molecule has 0 saturated carbocycles. The van der Waals surface area contributed by atoms with Crippen molar-refractivity contribution in [2.24, 2.45) is 0 Å². The molecule has 0 aromatic heterocycles. The largest absolute Gasteiger partial charge is 0.404 e. The lowest BCUT2D eigenvalue weighted by molar-refractivity contribution is -0.138. The van der Waals surface area contributed by atoms with Crippen LogP contribution in [0.5, 0.6) is 0 Å². The molecule has 0 radical (unpaired) electrons. The van der Waals surface area contributed by atoms with Gasteiger partial charge in [-0.15, -0.1) is 0 Å². The molecule has 0 bridgehead atoms. The molecule has 1 fully saturated rings. The zero-order chi connectivity index (χ0) is 17.2. The Hall–Kier alpha value is -1.94. The Morgan fingerprint density at radius 1 is 1.08 bits per heavy atom. The molecule has 1 aliphatic rings. The van der Waals surface area contributed by atoms with Crippen molar-refractivity contribution in [1.29, 1.82) is 0 Å². The molecule has 5 nitrogen and oxygen atoms in total. The van der Waals surface area contributed by atoms with E-state index < -0.39 is 25.5 Å². The van der Waals surface area contributed by atoms with Gasteiger partial charge in [-0.3, -0.25) is 14.3 Å². The highest BCUT2D eigenvalue weighted by Gasteiger charge is 2.39. The van der Waals surface area contributed by atoms with Crippen LogP contribution in [0.15, 0.2) is 60.7 Å². The fraction of sp³-hybridized carbons (Fsp3) is 0.278. The number of nitrogens with zero attached hydrogens (tertiary/aromatic N) is 1. The third-order valence-electron chi connectivity index (χ3n) is 4.21. The van der Waals surface area contributed by atoms with Crippen LogP contribution in [0.1, 0.15) is 6.42 Å². The summed E-state index contributed by atoms with van der Waals surface area (Å²) in [7, 11) is -1.79. The quantitative estimate of drug-likeness (QED) is 0.851. The molecule has 24 heavy (non-hydrogen) atoms. The smallest absolute Gasteiger partial charge is 0.328 e. The molecule has 126 valence electrons. The summed E-state index contributed by atoms with van der Waals surface area (Å²) in [4.78, 5) is 14.3. The minimum Gasteiger partial charge on any atom is -0.404 e. The van der Waals surface area contributed by atoms with Crippen LogP contribution in [0, 0.1) is 0 Å². The van der Waals surface area contributed by atoms with Crippen LogP contribution < -0.4 is 10.6 Å². The van der Waals surface area contributed by atoms with E-state index in [0.717, 1.165) is 0 Å². The lowest BCUT2D eigenvalue weighted by atomic mass is 10.2. The fourth-order valence-corrected chi connectivity index (χ4v) is 4.95. The molecule has 0 aliphatic carbocycles. The predicted molar refractivity (Wildman–Crippen MR) is 92.9 cm³/mol. The number of aliphatic hydroxyl groups is 1. The highest BCUT2D eigenvalue weighted by Crippen LogP contribution is 2.45. The van der Waals surface area contributed by atoms with E-state index in [9.17, 15) is 14.5 Å². The first-order chi connectivity index (χ1) is 11.5. The number of hydrogen-bond acceptors (Lipinski definition) is 5. The maximum atomic E-state index is 13.6. The zero-order valence-electron chi connectivity index (χ0n) is 13.4. The summed E-state index contributed by atoms with van der Waals surface area (Å²) < 4.78 is 19.2. The fourth-order valence-electron chi connectivity index (χ4n) is 2.94. The molecular weight excluding hydrogens is 325 g/mol. The van der Waals surface area contributed by atoms with E-state index in [4.69, 9.17) is 4.52 Å². The van der Waals surface area contributed by atoms with Crippen LogP contribution in [0.25, 0.3) is 0 Å². The van der Waals surface area contributed by atoms with Gasteiger partial charge in [0.15, 0.2) is 0 Å². The lowest BCUT2D eigenvalue weighted by Crippen LogP contribution is -2.35. The molecule has 0 spiro atoms. The highest BCUT2D eigenvalue weighted by molar-refractivity contribution is 7.74. The van der Waals surface area contributed by atoms with Crippen LogP contribution in [0.3, 0.4) is 0 Å². The Kier molecular flexibility index (Phi) is 4.86. The van der Waals surface area contributed by atoms with Gasteiger partial charge in [0, 0.05) is 13.0 Å². The van der Waals surface area contributed by atoms with Crippen LogP contribution in [-0.4, -0.2) is 41.7 Å². The number of aliphatic hydroxyl groups excluding tert-OH is 1. The van der Waals surface area contributed by atoms with Gasteiger partial charge in [0.2, 0.25) is 0 Å². The number of carbonyl (C=O) groups excluding carboxylic acids is 1. The Labute approximate surface area is 141 Å². The zero-order valence-corrected chi connectivity index (χ0v) is 14.3. The Balaban J connectivity index is 1.95. The Bertz CT molecular complexity index is 707. The summed E-state index contributed by atoms with van der Waals surface area (Å²) in [5.41, 5.74) is 0. The minimum absolute atomic E-state index is 0.291. The van der Waals surface area contributed by atoms with Crippen molar-refractivity contribution in [3.05, 3.63) is 60.7 Å². The number of rotatable bonds is 4. The van der Waals surface area contributed by atoms with Crippen molar-refractivity contribution in [2.45, 2.75) is 18.6 Å². The first kappa shape index (κ1) is 16.9. The van der Waals surface area contributed by atoms with E-state index in [-0.39, 0.29) is 0 Å². The summed E-state index contributed by atoms with van der Waals surface area (Å²) in [6, 6.07) is 16.9. The maximum Gasteiger partial charge on any atom is 0.328 e. The van der Waals surface area contributed by atoms with Crippen molar-refractivity contribution >= 4 is 23.9 Å². The number of carbonyl (C=O) groups is 1. The molecular formula is C18H20NO4P. The van der Waals surface area contributed by atoms with E-state index >= 15 is 0 Å². The van der Waals surface area contributed by atoms with Gasteiger partial charge in [-0.25, -0.2) is 0 Å². The molecule has 2 unspecified atom stereocenters. The second-order valence-corrected chi connectivity index (χ2v) is 8.30. The van der Waals surface area contributed by atoms with E-state index in [1.54, 1.807) is 60.5 Å². The second-order valence-electron chi connectivity index (χ2n) is 5.98. The first-order valence-electron chi connectivity index (χ1n) is 7.84.